The van der Waals surface area contributed by atoms with Crippen LogP contribution in [0.25, 0.3) is 0 Å². The van der Waals surface area contributed by atoms with Gasteiger partial charge in [-0.3, -0.25) is 0 Å². The quantitative estimate of drug-likeness (QED) is 0.467. The summed E-state index contributed by atoms with van der Waals surface area (Å²) in [4.78, 5) is 8.84. The fourth-order valence-electron chi connectivity index (χ4n) is 0.654. The Bertz CT molecular complexity index is 315. The summed E-state index contributed by atoms with van der Waals surface area (Å²) in [5, 5.41) is 1.44. The van der Waals surface area contributed by atoms with Gasteiger partial charge in [-0.2, -0.15) is 0 Å². The van der Waals surface area contributed by atoms with Gasteiger partial charge in [0, 0.05) is 0 Å². The van der Waals surface area contributed by atoms with Crippen molar-refractivity contribution in [1.29, 1.82) is 0 Å². The maximum Gasteiger partial charge on any atom is 0.267 e. The highest BCUT2D eigenvalue weighted by molar-refractivity contribution is 6.59. The van der Waals surface area contributed by atoms with Crippen LogP contribution in [0.1, 0.15) is 0 Å². The third-order valence-electron chi connectivity index (χ3n) is 1.22. The zero-order valence-electron chi connectivity index (χ0n) is 5.54. The van der Waals surface area contributed by atoms with Crippen molar-refractivity contribution in [3.8, 4) is 0 Å². The maximum absolute atomic E-state index is 8.84. The third-order valence-corrected chi connectivity index (χ3v) is 3.77. The third kappa shape index (κ3) is 1.90. The van der Waals surface area contributed by atoms with E-state index in [0.717, 1.165) is 0 Å². The predicted octanol–water partition coefficient (Wildman–Crippen LogP) is 2.54. The summed E-state index contributed by atoms with van der Waals surface area (Å²) < 4.78 is 0. The minimum absolute atomic E-state index is 0.183. The Hall–Kier alpha value is 0.557. The van der Waals surface area contributed by atoms with Gasteiger partial charge >= 0.3 is 0 Å². The summed E-state index contributed by atoms with van der Waals surface area (Å²) in [5.74, 6) is 0. The number of hydrogen-bond donors (Lipinski definition) is 1. The normalized spacial score (nSPS) is 10.4. The minimum atomic E-state index is -0.441. The van der Waals surface area contributed by atoms with E-state index in [1.807, 2.05) is 0 Å². The number of halogens is 4. The van der Waals surface area contributed by atoms with Crippen molar-refractivity contribution in [3.63, 3.8) is 0 Å². The van der Waals surface area contributed by atoms with Gasteiger partial charge in [0.2, 0.25) is 0 Å². The van der Waals surface area contributed by atoms with Gasteiger partial charge in [0.15, 0.2) is 0 Å². The lowest BCUT2D eigenvalue weighted by Gasteiger charge is -2.04. The molecular formula is C6H2Cl4OSi. The van der Waals surface area contributed by atoms with Crippen molar-refractivity contribution in [3.05, 3.63) is 26.2 Å². The van der Waals surface area contributed by atoms with Crippen LogP contribution < -0.4 is 5.19 Å². The van der Waals surface area contributed by atoms with Crippen LogP contribution in [0.5, 0.6) is 0 Å². The molecule has 1 aromatic rings. The van der Waals surface area contributed by atoms with Gasteiger partial charge in [0.05, 0.1) is 20.1 Å². The van der Waals surface area contributed by atoms with Gasteiger partial charge < -0.3 is 4.80 Å². The van der Waals surface area contributed by atoms with E-state index in [1.54, 1.807) is 0 Å². The molecule has 0 saturated heterocycles. The molecule has 2 radical (unpaired) electrons. The van der Waals surface area contributed by atoms with Crippen LogP contribution in [-0.2, 0) is 0 Å². The number of hydrogen-bond acceptors (Lipinski definition) is 1. The van der Waals surface area contributed by atoms with Gasteiger partial charge in [0.1, 0.15) is 0 Å². The lowest BCUT2D eigenvalue weighted by molar-refractivity contribution is 0.615. The van der Waals surface area contributed by atoms with Crippen LogP contribution in [0.4, 0.5) is 0 Å². The van der Waals surface area contributed by atoms with Crippen molar-refractivity contribution in [2.24, 2.45) is 0 Å². The van der Waals surface area contributed by atoms with Gasteiger partial charge in [-0.15, -0.1) is 0 Å². The van der Waals surface area contributed by atoms with Crippen molar-refractivity contribution in [2.75, 3.05) is 0 Å². The molecule has 0 heterocycles. The molecule has 0 spiro atoms. The second kappa shape index (κ2) is 4.18. The smallest absolute Gasteiger partial charge is 0.267 e. The molecule has 0 aliphatic heterocycles. The molecule has 1 N–H and O–H groups in total. The van der Waals surface area contributed by atoms with E-state index in [1.165, 1.54) is 6.07 Å². The standard InChI is InChI=1S/C6H2Cl4OSi/c7-2-1-3(12-11)5(9)6(10)4(2)8/h1,11H. The monoisotopic (exact) mass is 258 g/mol. The SMILES string of the molecule is O[Si]c1cc(Cl)c(Cl)c(Cl)c1Cl. The highest BCUT2D eigenvalue weighted by Gasteiger charge is 2.12. The number of benzene rings is 1. The minimum Gasteiger partial charge on any atom is -0.428 e. The summed E-state index contributed by atoms with van der Waals surface area (Å²) in [7, 11) is -0.441. The average Bonchev–Trinajstić information content (AvgIpc) is 2.08. The van der Waals surface area contributed by atoms with Crippen molar-refractivity contribution < 1.29 is 4.80 Å². The molecule has 0 bridgehead atoms. The van der Waals surface area contributed by atoms with Gasteiger partial charge in [0.25, 0.3) is 9.76 Å². The highest BCUT2D eigenvalue weighted by atomic mass is 35.5. The van der Waals surface area contributed by atoms with Crippen LogP contribution >= 0.6 is 46.4 Å². The molecule has 0 aromatic heterocycles. The van der Waals surface area contributed by atoms with E-state index in [9.17, 15) is 0 Å². The molecule has 0 unspecified atom stereocenters. The molecule has 1 aromatic carbocycles. The lowest BCUT2D eigenvalue weighted by atomic mass is 10.3. The first-order valence-corrected chi connectivity index (χ1v) is 5.27. The molecule has 0 fully saturated rings. The Morgan fingerprint density at radius 1 is 1.00 bits per heavy atom. The van der Waals surface area contributed by atoms with Crippen LogP contribution in [0.3, 0.4) is 0 Å². The summed E-state index contributed by atoms with van der Waals surface area (Å²) in [6.45, 7) is 0. The lowest BCUT2D eigenvalue weighted by Crippen LogP contribution is -2.15. The fraction of sp³-hybridized carbons (Fsp3) is 0. The Morgan fingerprint density at radius 3 is 2.08 bits per heavy atom. The Morgan fingerprint density at radius 2 is 1.58 bits per heavy atom. The molecule has 0 aliphatic carbocycles. The highest BCUT2D eigenvalue weighted by Crippen LogP contribution is 2.33. The zero-order chi connectivity index (χ0) is 9.30. The van der Waals surface area contributed by atoms with Gasteiger partial charge in [-0.1, -0.05) is 46.4 Å². The van der Waals surface area contributed by atoms with Gasteiger partial charge in [-0.25, -0.2) is 0 Å². The maximum atomic E-state index is 8.84. The first-order chi connectivity index (χ1) is 5.57. The molecule has 12 heavy (non-hydrogen) atoms. The Balaban J connectivity index is 3.39. The molecule has 1 rings (SSSR count). The average molecular weight is 260 g/mol. The number of rotatable bonds is 1. The first kappa shape index (κ1) is 10.6. The van der Waals surface area contributed by atoms with E-state index in [4.69, 9.17) is 51.2 Å². The largest absolute Gasteiger partial charge is 0.428 e. The van der Waals surface area contributed by atoms with E-state index < -0.39 is 9.76 Å². The zero-order valence-corrected chi connectivity index (χ0v) is 9.56. The van der Waals surface area contributed by atoms with E-state index in [0.29, 0.717) is 10.2 Å². The van der Waals surface area contributed by atoms with E-state index in [2.05, 4.69) is 0 Å². The molecule has 0 aliphatic rings. The molecule has 64 valence electrons. The van der Waals surface area contributed by atoms with Crippen LogP contribution in [-0.4, -0.2) is 14.6 Å². The molecule has 0 amide bonds. The second-order valence-electron chi connectivity index (χ2n) is 1.96. The predicted molar refractivity (Wildman–Crippen MR) is 54.1 cm³/mol. The van der Waals surface area contributed by atoms with Crippen LogP contribution in [0, 0.1) is 0 Å². The van der Waals surface area contributed by atoms with E-state index in [-0.39, 0.29) is 15.1 Å². The van der Waals surface area contributed by atoms with E-state index >= 15 is 0 Å². The molecule has 0 saturated carbocycles. The summed E-state index contributed by atoms with van der Waals surface area (Å²) in [5.41, 5.74) is 0. The molecule has 6 heteroatoms. The first-order valence-electron chi connectivity index (χ1n) is 2.81. The second-order valence-corrected chi connectivity index (χ2v) is 4.26. The van der Waals surface area contributed by atoms with Crippen LogP contribution in [0.15, 0.2) is 6.07 Å². The van der Waals surface area contributed by atoms with Crippen molar-refractivity contribution in [2.45, 2.75) is 0 Å². The van der Waals surface area contributed by atoms with Crippen LogP contribution in [0.2, 0.25) is 20.1 Å². The Kier molecular flexibility index (Phi) is 3.70. The summed E-state index contributed by atoms with van der Waals surface area (Å²) >= 11 is 22.8. The van der Waals surface area contributed by atoms with Crippen molar-refractivity contribution in [1.82, 2.24) is 0 Å². The topological polar surface area (TPSA) is 20.2 Å². The summed E-state index contributed by atoms with van der Waals surface area (Å²) in [6.07, 6.45) is 0. The van der Waals surface area contributed by atoms with Crippen molar-refractivity contribution >= 4 is 61.4 Å². The molecule has 0 atom stereocenters. The molecular weight excluding hydrogens is 258 g/mol. The molecule has 1 nitrogen and oxygen atoms in total. The van der Waals surface area contributed by atoms with Gasteiger partial charge in [-0.05, 0) is 11.3 Å². The Labute approximate surface area is 92.1 Å². The fourth-order valence-corrected chi connectivity index (χ4v) is 2.19. The summed E-state index contributed by atoms with van der Waals surface area (Å²) in [6, 6.07) is 1.50.